The fourth-order valence-corrected chi connectivity index (χ4v) is 4.30. The lowest BCUT2D eigenvalue weighted by molar-refractivity contribution is 0.112. The summed E-state index contributed by atoms with van der Waals surface area (Å²) in [7, 11) is 1.67. The average Bonchev–Trinajstić information content (AvgIpc) is 3.14. The fourth-order valence-electron chi connectivity index (χ4n) is 3.18. The molecule has 0 aliphatic heterocycles. The molecule has 0 saturated heterocycles. The lowest BCUT2D eigenvalue weighted by Gasteiger charge is -2.10. The molecule has 0 radical (unpaired) electrons. The number of para-hydroxylation sites is 2. The predicted octanol–water partition coefficient (Wildman–Crippen LogP) is 6.21. The Labute approximate surface area is 185 Å². The molecule has 30 heavy (non-hydrogen) atoms. The van der Waals surface area contributed by atoms with Crippen LogP contribution in [0.15, 0.2) is 78.0 Å². The summed E-state index contributed by atoms with van der Waals surface area (Å²) in [5.74, 6) is 1.69. The second kappa shape index (κ2) is 10.0. The van der Waals surface area contributed by atoms with Crippen LogP contribution in [0.4, 0.5) is 0 Å². The monoisotopic (exact) mass is 438 g/mol. The van der Waals surface area contributed by atoms with Crippen molar-refractivity contribution in [3.05, 3.63) is 88.9 Å². The molecule has 0 fully saturated rings. The molecule has 0 aliphatic carbocycles. The topological polar surface area (TPSA) is 36.3 Å². The van der Waals surface area contributed by atoms with Gasteiger partial charge in [0.25, 0.3) is 0 Å². The van der Waals surface area contributed by atoms with E-state index in [2.05, 4.69) is 28.8 Å². The molecule has 0 bridgehead atoms. The van der Waals surface area contributed by atoms with Crippen molar-refractivity contribution < 1.29 is 9.47 Å². The summed E-state index contributed by atoms with van der Waals surface area (Å²) in [6, 6.07) is 24.1. The molecule has 1 aromatic heterocycles. The van der Waals surface area contributed by atoms with Crippen LogP contribution in [0.5, 0.6) is 5.75 Å². The summed E-state index contributed by atoms with van der Waals surface area (Å²) in [5, 5.41) is 1.75. The molecule has 0 unspecified atom stereocenters. The van der Waals surface area contributed by atoms with E-state index in [1.807, 2.05) is 48.5 Å². The number of hydrogen-bond acceptors (Lipinski definition) is 4. The number of rotatable bonds is 9. The Morgan fingerprint density at radius 3 is 2.43 bits per heavy atom. The van der Waals surface area contributed by atoms with Gasteiger partial charge in [0.15, 0.2) is 5.16 Å². The third-order valence-electron chi connectivity index (χ3n) is 4.79. The Balaban J connectivity index is 1.41. The second-order valence-corrected chi connectivity index (χ2v) is 8.23. The number of imidazole rings is 1. The molecule has 4 nitrogen and oxygen atoms in total. The highest BCUT2D eigenvalue weighted by molar-refractivity contribution is 7.98. The first kappa shape index (κ1) is 20.8. The molecular weight excluding hydrogens is 416 g/mol. The molecule has 4 aromatic rings. The van der Waals surface area contributed by atoms with E-state index < -0.39 is 0 Å². The molecule has 3 aromatic carbocycles. The van der Waals surface area contributed by atoms with Gasteiger partial charge in [0.2, 0.25) is 0 Å². The number of aromatic nitrogens is 2. The zero-order valence-electron chi connectivity index (χ0n) is 16.8. The lowest BCUT2D eigenvalue weighted by Crippen LogP contribution is -2.07. The van der Waals surface area contributed by atoms with Crippen molar-refractivity contribution in [3.63, 3.8) is 0 Å². The number of hydrogen-bond donors (Lipinski definition) is 0. The minimum Gasteiger partial charge on any atom is -0.497 e. The van der Waals surface area contributed by atoms with Gasteiger partial charge >= 0.3 is 0 Å². The highest BCUT2D eigenvalue weighted by atomic mass is 35.5. The molecule has 0 amide bonds. The number of halogens is 1. The van der Waals surface area contributed by atoms with E-state index in [1.54, 1.807) is 18.9 Å². The van der Waals surface area contributed by atoms with Crippen molar-refractivity contribution in [2.45, 2.75) is 24.1 Å². The van der Waals surface area contributed by atoms with E-state index in [9.17, 15) is 0 Å². The van der Waals surface area contributed by atoms with Crippen LogP contribution in [0.1, 0.15) is 11.1 Å². The third-order valence-corrected chi connectivity index (χ3v) is 6.09. The number of benzene rings is 3. The Bertz CT molecular complexity index is 1090. The van der Waals surface area contributed by atoms with Gasteiger partial charge in [-0.2, -0.15) is 0 Å². The molecule has 4 rings (SSSR count). The van der Waals surface area contributed by atoms with Crippen molar-refractivity contribution in [1.29, 1.82) is 0 Å². The minimum atomic E-state index is 0.573. The van der Waals surface area contributed by atoms with E-state index in [4.69, 9.17) is 26.1 Å². The van der Waals surface area contributed by atoms with Crippen LogP contribution < -0.4 is 4.74 Å². The second-order valence-electron chi connectivity index (χ2n) is 6.85. The summed E-state index contributed by atoms with van der Waals surface area (Å²) >= 11 is 7.72. The fraction of sp³-hybridized carbons (Fsp3) is 0.208. The Hall–Kier alpha value is -2.47. The van der Waals surface area contributed by atoms with E-state index in [0.29, 0.717) is 13.2 Å². The molecule has 6 heteroatoms. The summed E-state index contributed by atoms with van der Waals surface area (Å²) < 4.78 is 13.4. The van der Waals surface area contributed by atoms with Crippen LogP contribution in [-0.4, -0.2) is 23.3 Å². The minimum absolute atomic E-state index is 0.573. The highest BCUT2D eigenvalue weighted by Gasteiger charge is 2.11. The van der Waals surface area contributed by atoms with Gasteiger partial charge in [-0.25, -0.2) is 4.98 Å². The maximum Gasteiger partial charge on any atom is 0.169 e. The molecule has 0 spiro atoms. The van der Waals surface area contributed by atoms with Gasteiger partial charge in [-0.15, -0.1) is 0 Å². The predicted molar refractivity (Wildman–Crippen MR) is 123 cm³/mol. The van der Waals surface area contributed by atoms with E-state index >= 15 is 0 Å². The first-order valence-electron chi connectivity index (χ1n) is 9.76. The van der Waals surface area contributed by atoms with Crippen LogP contribution in [0.25, 0.3) is 11.0 Å². The quantitative estimate of drug-likeness (QED) is 0.230. The Morgan fingerprint density at radius 1 is 0.933 bits per heavy atom. The largest absolute Gasteiger partial charge is 0.497 e. The van der Waals surface area contributed by atoms with Crippen molar-refractivity contribution in [3.8, 4) is 5.75 Å². The zero-order chi connectivity index (χ0) is 20.8. The summed E-state index contributed by atoms with van der Waals surface area (Å²) in [6.07, 6.45) is 0. The molecule has 0 N–H and O–H groups in total. The van der Waals surface area contributed by atoms with Crippen molar-refractivity contribution >= 4 is 34.4 Å². The van der Waals surface area contributed by atoms with Crippen LogP contribution in [0.2, 0.25) is 5.02 Å². The standard InChI is InChI=1S/C24H23ClN2O2S/c1-28-21-12-8-18(9-13-21)16-29-15-14-27-23-5-3-2-4-22(23)26-24(27)30-17-19-6-10-20(25)11-7-19/h2-13H,14-17H2,1H3. The van der Waals surface area contributed by atoms with Crippen molar-refractivity contribution in [2.24, 2.45) is 0 Å². The zero-order valence-corrected chi connectivity index (χ0v) is 18.3. The molecule has 0 atom stereocenters. The molecular formula is C24H23ClN2O2S. The van der Waals surface area contributed by atoms with Gasteiger partial charge in [0.05, 0.1) is 31.4 Å². The summed E-state index contributed by atoms with van der Waals surface area (Å²) in [4.78, 5) is 4.83. The molecule has 1 heterocycles. The Kier molecular flexibility index (Phi) is 6.95. The number of nitrogens with zero attached hydrogens (tertiary/aromatic N) is 2. The lowest BCUT2D eigenvalue weighted by atomic mass is 10.2. The number of thioether (sulfide) groups is 1. The SMILES string of the molecule is COc1ccc(COCCn2c(SCc3ccc(Cl)cc3)nc3ccccc32)cc1. The van der Waals surface area contributed by atoms with Gasteiger partial charge in [-0.1, -0.05) is 59.8 Å². The molecule has 0 aliphatic rings. The van der Waals surface area contributed by atoms with Gasteiger partial charge in [-0.05, 0) is 47.5 Å². The van der Waals surface area contributed by atoms with E-state index in [-0.39, 0.29) is 0 Å². The van der Waals surface area contributed by atoms with Crippen LogP contribution >= 0.6 is 23.4 Å². The van der Waals surface area contributed by atoms with Gasteiger partial charge in [-0.3, -0.25) is 0 Å². The first-order valence-corrected chi connectivity index (χ1v) is 11.1. The summed E-state index contributed by atoms with van der Waals surface area (Å²) in [6.45, 7) is 1.93. The van der Waals surface area contributed by atoms with Crippen molar-refractivity contribution in [2.75, 3.05) is 13.7 Å². The summed E-state index contributed by atoms with van der Waals surface area (Å²) in [5.41, 5.74) is 4.48. The van der Waals surface area contributed by atoms with Crippen LogP contribution in [-0.2, 0) is 23.6 Å². The Morgan fingerprint density at radius 2 is 1.67 bits per heavy atom. The number of ether oxygens (including phenoxy) is 2. The van der Waals surface area contributed by atoms with Crippen molar-refractivity contribution in [1.82, 2.24) is 9.55 Å². The van der Waals surface area contributed by atoms with E-state index in [1.165, 1.54) is 5.56 Å². The smallest absolute Gasteiger partial charge is 0.169 e. The first-order chi connectivity index (χ1) is 14.7. The molecule has 0 saturated carbocycles. The average molecular weight is 439 g/mol. The van der Waals surface area contributed by atoms with E-state index in [0.717, 1.165) is 44.8 Å². The highest BCUT2D eigenvalue weighted by Crippen LogP contribution is 2.27. The van der Waals surface area contributed by atoms with Crippen LogP contribution in [0.3, 0.4) is 0 Å². The number of fused-ring (bicyclic) bond motifs is 1. The number of methoxy groups -OCH3 is 1. The maximum atomic E-state index is 5.99. The van der Waals surface area contributed by atoms with Gasteiger partial charge in [0, 0.05) is 17.3 Å². The van der Waals surface area contributed by atoms with Crippen LogP contribution in [0, 0.1) is 0 Å². The molecule has 154 valence electrons. The van der Waals surface area contributed by atoms with Gasteiger partial charge < -0.3 is 14.0 Å². The maximum absolute atomic E-state index is 5.99. The normalized spacial score (nSPS) is 11.1. The van der Waals surface area contributed by atoms with Gasteiger partial charge in [0.1, 0.15) is 5.75 Å². The third kappa shape index (κ3) is 5.17.